The molecule has 0 saturated heterocycles. The zero-order valence-electron chi connectivity index (χ0n) is 14.3. The molecule has 0 saturated carbocycles. The third-order valence-corrected chi connectivity index (χ3v) is 5.04. The Kier molecular flexibility index (Phi) is 4.38. The van der Waals surface area contributed by atoms with Gasteiger partial charge in [-0.3, -0.25) is 0 Å². The lowest BCUT2D eigenvalue weighted by Gasteiger charge is -2.24. The minimum atomic E-state index is 0.426. The molecule has 118 valence electrons. The van der Waals surface area contributed by atoms with E-state index in [0.29, 0.717) is 12.0 Å². The fourth-order valence-corrected chi connectivity index (χ4v) is 3.51. The number of fused-ring (bicyclic) bond motifs is 3. The quantitative estimate of drug-likeness (QED) is 0.473. The fourth-order valence-electron chi connectivity index (χ4n) is 3.51. The summed E-state index contributed by atoms with van der Waals surface area (Å²) in [5, 5.41) is 2.69. The summed E-state index contributed by atoms with van der Waals surface area (Å²) in [6, 6.07) is 17.9. The van der Waals surface area contributed by atoms with Crippen LogP contribution in [0, 0.1) is 5.92 Å². The summed E-state index contributed by atoms with van der Waals surface area (Å²) in [5.74, 6) is 0.540. The van der Waals surface area contributed by atoms with E-state index in [1.165, 1.54) is 27.4 Å². The highest BCUT2D eigenvalue weighted by molar-refractivity contribution is 6.08. The van der Waals surface area contributed by atoms with E-state index in [1.807, 2.05) is 6.08 Å². The predicted octanol–water partition coefficient (Wildman–Crippen LogP) is 6.51. The highest BCUT2D eigenvalue weighted by atomic mass is 15.0. The zero-order valence-corrected chi connectivity index (χ0v) is 14.3. The highest BCUT2D eigenvalue weighted by Gasteiger charge is 2.19. The molecular formula is C22H25N. The maximum absolute atomic E-state index is 3.93. The molecule has 0 aliphatic carbocycles. The maximum Gasteiger partial charge on any atom is 0.0493 e. The van der Waals surface area contributed by atoms with E-state index in [2.05, 4.69) is 86.5 Å². The summed E-state index contributed by atoms with van der Waals surface area (Å²) >= 11 is 0. The third-order valence-electron chi connectivity index (χ3n) is 5.04. The Hall–Kier alpha value is -2.28. The summed E-state index contributed by atoms with van der Waals surface area (Å²) in [7, 11) is 0. The lowest BCUT2D eigenvalue weighted by Crippen LogP contribution is -2.14. The van der Waals surface area contributed by atoms with Crippen molar-refractivity contribution in [3.63, 3.8) is 0 Å². The van der Waals surface area contributed by atoms with Crippen molar-refractivity contribution in [1.82, 2.24) is 4.57 Å². The molecule has 1 nitrogen and oxygen atoms in total. The first-order valence-electron chi connectivity index (χ1n) is 8.42. The van der Waals surface area contributed by atoms with Crippen LogP contribution in [0.2, 0.25) is 0 Å². The van der Waals surface area contributed by atoms with Gasteiger partial charge in [0, 0.05) is 27.8 Å². The molecule has 0 aliphatic rings. The van der Waals surface area contributed by atoms with E-state index in [0.717, 1.165) is 6.42 Å². The Morgan fingerprint density at radius 2 is 1.52 bits per heavy atom. The number of allylic oxidation sites excluding steroid dienone is 3. The molecular weight excluding hydrogens is 278 g/mol. The van der Waals surface area contributed by atoms with Gasteiger partial charge in [0.25, 0.3) is 0 Å². The number of benzene rings is 2. The van der Waals surface area contributed by atoms with Gasteiger partial charge in [-0.1, -0.05) is 67.6 Å². The lowest BCUT2D eigenvalue weighted by molar-refractivity contribution is 0.395. The van der Waals surface area contributed by atoms with Crippen LogP contribution in [0.25, 0.3) is 21.8 Å². The minimum absolute atomic E-state index is 0.426. The molecule has 1 heterocycles. The molecule has 1 unspecified atom stereocenters. The van der Waals surface area contributed by atoms with Crippen molar-refractivity contribution in [3.8, 4) is 0 Å². The number of hydrogen-bond acceptors (Lipinski definition) is 0. The smallest absolute Gasteiger partial charge is 0.0493 e. The van der Waals surface area contributed by atoms with E-state index >= 15 is 0 Å². The molecule has 3 aromatic rings. The van der Waals surface area contributed by atoms with E-state index < -0.39 is 0 Å². The first kappa shape index (κ1) is 15.6. The molecule has 0 spiro atoms. The Morgan fingerprint density at radius 1 is 1.00 bits per heavy atom. The molecule has 23 heavy (non-hydrogen) atoms. The first-order chi connectivity index (χ1) is 11.2. The average Bonchev–Trinajstić information content (AvgIpc) is 2.93. The molecule has 0 radical (unpaired) electrons. The summed E-state index contributed by atoms with van der Waals surface area (Å²) in [4.78, 5) is 0. The van der Waals surface area contributed by atoms with Crippen molar-refractivity contribution in [1.29, 1.82) is 0 Å². The predicted molar refractivity (Wildman–Crippen MR) is 102 cm³/mol. The molecule has 0 amide bonds. The number of para-hydroxylation sites is 2. The van der Waals surface area contributed by atoms with Crippen LogP contribution in [0.15, 0.2) is 72.8 Å². The van der Waals surface area contributed by atoms with Gasteiger partial charge in [-0.05, 0) is 38.3 Å². The summed E-state index contributed by atoms with van der Waals surface area (Å²) in [6.45, 7) is 10.7. The second-order valence-electron chi connectivity index (χ2n) is 6.39. The van der Waals surface area contributed by atoms with Gasteiger partial charge in [0.1, 0.15) is 0 Å². The molecule has 1 heteroatoms. The van der Waals surface area contributed by atoms with Crippen LogP contribution in [-0.4, -0.2) is 4.57 Å². The van der Waals surface area contributed by atoms with Crippen LogP contribution < -0.4 is 0 Å². The van der Waals surface area contributed by atoms with Crippen molar-refractivity contribution in [3.05, 3.63) is 72.8 Å². The zero-order chi connectivity index (χ0) is 16.4. The molecule has 2 aromatic carbocycles. The van der Waals surface area contributed by atoms with Crippen LogP contribution in [0.5, 0.6) is 0 Å². The minimum Gasteiger partial charge on any atom is -0.337 e. The third kappa shape index (κ3) is 2.72. The van der Waals surface area contributed by atoms with Gasteiger partial charge in [-0.25, -0.2) is 0 Å². The molecule has 0 N–H and O–H groups in total. The Balaban J connectivity index is 2.12. The molecule has 0 bridgehead atoms. The van der Waals surface area contributed by atoms with Crippen LogP contribution in [0.1, 0.15) is 33.2 Å². The molecule has 0 fully saturated rings. The molecule has 1 aromatic heterocycles. The molecule has 2 atom stereocenters. The van der Waals surface area contributed by atoms with Crippen molar-refractivity contribution in [2.75, 3.05) is 0 Å². The second kappa shape index (κ2) is 6.45. The Morgan fingerprint density at radius 3 is 2.00 bits per heavy atom. The van der Waals surface area contributed by atoms with Crippen LogP contribution in [-0.2, 0) is 0 Å². The number of aromatic nitrogens is 1. The van der Waals surface area contributed by atoms with Crippen molar-refractivity contribution in [2.24, 2.45) is 5.92 Å². The topological polar surface area (TPSA) is 4.93 Å². The summed E-state index contributed by atoms with van der Waals surface area (Å²) < 4.78 is 2.51. The number of nitrogens with zero attached hydrogens (tertiary/aromatic N) is 1. The normalized spacial score (nSPS) is 15.0. The average molecular weight is 303 g/mol. The van der Waals surface area contributed by atoms with Gasteiger partial charge >= 0.3 is 0 Å². The van der Waals surface area contributed by atoms with Crippen LogP contribution in [0.3, 0.4) is 0 Å². The summed E-state index contributed by atoms with van der Waals surface area (Å²) in [5.41, 5.74) is 3.98. The summed E-state index contributed by atoms with van der Waals surface area (Å²) in [6.07, 6.45) is 5.21. The van der Waals surface area contributed by atoms with Gasteiger partial charge in [0.15, 0.2) is 0 Å². The van der Waals surface area contributed by atoms with E-state index in [1.54, 1.807) is 0 Å². The van der Waals surface area contributed by atoms with Crippen LogP contribution in [0.4, 0.5) is 0 Å². The van der Waals surface area contributed by atoms with Crippen LogP contribution >= 0.6 is 0 Å². The highest BCUT2D eigenvalue weighted by Crippen LogP contribution is 2.35. The Labute approximate surface area is 138 Å². The van der Waals surface area contributed by atoms with Crippen molar-refractivity contribution in [2.45, 2.75) is 33.2 Å². The van der Waals surface area contributed by atoms with Gasteiger partial charge < -0.3 is 4.57 Å². The van der Waals surface area contributed by atoms with Gasteiger partial charge in [-0.15, -0.1) is 0 Å². The standard InChI is InChI=1S/C22H25N/c1-5-18(6-2)15-16(3)17(4)23-21-13-9-7-11-19(21)20-12-8-10-14-22(20)23/h5-14,16-17H,1,15H2,2-4H3/b18-6-/t16-,17?/m1/s1. The largest absolute Gasteiger partial charge is 0.337 e. The van der Waals surface area contributed by atoms with Gasteiger partial charge in [0.05, 0.1) is 0 Å². The van der Waals surface area contributed by atoms with E-state index in [-0.39, 0.29) is 0 Å². The number of rotatable bonds is 5. The van der Waals surface area contributed by atoms with Crippen molar-refractivity contribution < 1.29 is 0 Å². The monoisotopic (exact) mass is 303 g/mol. The molecule has 0 aliphatic heterocycles. The molecule has 3 rings (SSSR count). The maximum atomic E-state index is 3.93. The van der Waals surface area contributed by atoms with Gasteiger partial charge in [-0.2, -0.15) is 0 Å². The van der Waals surface area contributed by atoms with E-state index in [4.69, 9.17) is 0 Å². The fraction of sp³-hybridized carbons (Fsp3) is 0.273. The van der Waals surface area contributed by atoms with Crippen molar-refractivity contribution >= 4 is 21.8 Å². The number of hydrogen-bond donors (Lipinski definition) is 0. The lowest BCUT2D eigenvalue weighted by atomic mass is 9.94. The Bertz CT molecular complexity index is 813. The second-order valence-corrected chi connectivity index (χ2v) is 6.39. The first-order valence-corrected chi connectivity index (χ1v) is 8.42. The van der Waals surface area contributed by atoms with Gasteiger partial charge in [0.2, 0.25) is 0 Å². The SMILES string of the molecule is C=C/C(=C/C)C[C@@H](C)C(C)n1c2ccccc2c2ccccc21. The van der Waals surface area contributed by atoms with E-state index in [9.17, 15) is 0 Å².